The summed E-state index contributed by atoms with van der Waals surface area (Å²) in [6, 6.07) is 7.62. The Balaban J connectivity index is 1.88. The van der Waals surface area contributed by atoms with Crippen LogP contribution in [0.2, 0.25) is 0 Å². The van der Waals surface area contributed by atoms with Gasteiger partial charge in [0.2, 0.25) is 11.8 Å². The molecule has 4 nitrogen and oxygen atoms in total. The van der Waals surface area contributed by atoms with Crippen LogP contribution >= 0.6 is 11.8 Å². The lowest BCUT2D eigenvalue weighted by Gasteiger charge is -2.37. The monoisotopic (exact) mass is 290 g/mol. The lowest BCUT2D eigenvalue weighted by molar-refractivity contribution is -0.138. The Hall–Kier alpha value is -1.49. The van der Waals surface area contributed by atoms with Crippen LogP contribution < -0.4 is 5.32 Å². The number of nitrogens with zero attached hydrogens (tertiary/aromatic N) is 1. The molecule has 0 unspecified atom stereocenters. The molecular formula is C15H18N2O2S. The first-order valence-electron chi connectivity index (χ1n) is 7.00. The maximum atomic E-state index is 12.7. The third-order valence-electron chi connectivity index (χ3n) is 3.93. The van der Waals surface area contributed by atoms with E-state index >= 15 is 0 Å². The first kappa shape index (κ1) is 13.5. The quantitative estimate of drug-likeness (QED) is 0.809. The molecule has 2 aliphatic rings. The first-order chi connectivity index (χ1) is 9.61. The number of amides is 2. The predicted molar refractivity (Wildman–Crippen MR) is 79.8 cm³/mol. The van der Waals surface area contributed by atoms with Crippen LogP contribution in [-0.2, 0) is 9.59 Å². The molecule has 20 heavy (non-hydrogen) atoms. The van der Waals surface area contributed by atoms with Gasteiger partial charge in [0.05, 0.1) is 5.69 Å². The molecule has 0 saturated carbocycles. The lowest BCUT2D eigenvalue weighted by atomic mass is 10.0. The largest absolute Gasteiger partial charge is 0.341 e. The van der Waals surface area contributed by atoms with Crippen LogP contribution in [0.5, 0.6) is 0 Å². The van der Waals surface area contributed by atoms with Crippen molar-refractivity contribution in [3.8, 4) is 0 Å². The summed E-state index contributed by atoms with van der Waals surface area (Å²) < 4.78 is -1.05. The number of fused-ring (bicyclic) bond motifs is 1. The van der Waals surface area contributed by atoms with Gasteiger partial charge >= 0.3 is 0 Å². The minimum atomic E-state index is -1.05. The van der Waals surface area contributed by atoms with E-state index < -0.39 is 4.75 Å². The average molecular weight is 290 g/mol. The zero-order valence-corrected chi connectivity index (χ0v) is 12.3. The van der Waals surface area contributed by atoms with E-state index in [9.17, 15) is 9.59 Å². The Kier molecular flexibility index (Phi) is 3.46. The van der Waals surface area contributed by atoms with Crippen LogP contribution in [0.3, 0.4) is 0 Å². The topological polar surface area (TPSA) is 49.4 Å². The van der Waals surface area contributed by atoms with Crippen LogP contribution in [0, 0.1) is 0 Å². The predicted octanol–water partition coefficient (Wildman–Crippen LogP) is 2.50. The van der Waals surface area contributed by atoms with Gasteiger partial charge in [-0.1, -0.05) is 23.9 Å². The van der Waals surface area contributed by atoms with Crippen molar-refractivity contribution in [3.63, 3.8) is 0 Å². The number of hydrogen-bond donors (Lipinski definition) is 1. The molecule has 0 aromatic heterocycles. The van der Waals surface area contributed by atoms with E-state index in [1.165, 1.54) is 18.2 Å². The Bertz CT molecular complexity index is 555. The van der Waals surface area contributed by atoms with Crippen molar-refractivity contribution >= 4 is 29.3 Å². The highest BCUT2D eigenvalue weighted by Crippen LogP contribution is 2.43. The number of anilines is 1. The van der Waals surface area contributed by atoms with Crippen molar-refractivity contribution in [1.82, 2.24) is 4.90 Å². The second kappa shape index (κ2) is 5.13. The van der Waals surface area contributed by atoms with E-state index in [1.54, 1.807) is 6.92 Å². The SMILES string of the molecule is C[C@@]1(C(=O)N2CCCCC2)Sc2ccccc2NC1=O. The Labute approximate surface area is 122 Å². The summed E-state index contributed by atoms with van der Waals surface area (Å²) in [7, 11) is 0. The lowest BCUT2D eigenvalue weighted by Crippen LogP contribution is -2.54. The summed E-state index contributed by atoms with van der Waals surface area (Å²) in [6.45, 7) is 3.27. The molecule has 3 rings (SSSR count). The first-order valence-corrected chi connectivity index (χ1v) is 7.82. The van der Waals surface area contributed by atoms with Crippen molar-refractivity contribution in [2.45, 2.75) is 35.8 Å². The maximum absolute atomic E-state index is 12.7. The Morgan fingerprint density at radius 1 is 1.25 bits per heavy atom. The number of hydrogen-bond acceptors (Lipinski definition) is 3. The molecule has 5 heteroatoms. The third kappa shape index (κ3) is 2.20. The van der Waals surface area contributed by atoms with E-state index in [1.807, 2.05) is 29.2 Å². The van der Waals surface area contributed by atoms with Crippen molar-refractivity contribution < 1.29 is 9.59 Å². The van der Waals surface area contributed by atoms with Gasteiger partial charge in [-0.05, 0) is 38.3 Å². The molecule has 0 bridgehead atoms. The smallest absolute Gasteiger partial charge is 0.250 e. The number of piperidine rings is 1. The van der Waals surface area contributed by atoms with Crippen LogP contribution in [0.1, 0.15) is 26.2 Å². The van der Waals surface area contributed by atoms with Crippen molar-refractivity contribution in [2.75, 3.05) is 18.4 Å². The van der Waals surface area contributed by atoms with E-state index in [0.717, 1.165) is 36.5 Å². The standard InChI is InChI=1S/C15H18N2O2S/c1-15(14(19)17-9-5-2-6-10-17)13(18)16-11-7-3-4-8-12(11)20-15/h3-4,7-8H,2,5-6,9-10H2,1H3,(H,16,18)/t15-/m1/s1. The molecule has 2 heterocycles. The van der Waals surface area contributed by atoms with Gasteiger partial charge in [0.1, 0.15) is 0 Å². The minimum Gasteiger partial charge on any atom is -0.341 e. The molecule has 1 N–H and O–H groups in total. The summed E-state index contributed by atoms with van der Waals surface area (Å²) >= 11 is 1.37. The molecule has 1 saturated heterocycles. The van der Waals surface area contributed by atoms with Crippen molar-refractivity contribution in [2.24, 2.45) is 0 Å². The number of thioether (sulfide) groups is 1. The van der Waals surface area contributed by atoms with E-state index in [2.05, 4.69) is 5.32 Å². The molecule has 1 atom stereocenters. The van der Waals surface area contributed by atoms with Crippen LogP contribution in [0.4, 0.5) is 5.69 Å². The summed E-state index contributed by atoms with van der Waals surface area (Å²) in [6.07, 6.45) is 3.23. The van der Waals surface area contributed by atoms with E-state index in [4.69, 9.17) is 0 Å². The Morgan fingerprint density at radius 3 is 2.70 bits per heavy atom. The molecule has 2 amide bonds. The molecule has 2 aliphatic heterocycles. The molecular weight excluding hydrogens is 272 g/mol. The number of carbonyl (C=O) groups excluding carboxylic acids is 2. The minimum absolute atomic E-state index is 0.0609. The van der Waals surface area contributed by atoms with E-state index in [0.29, 0.717) is 0 Å². The average Bonchev–Trinajstić information content (AvgIpc) is 2.48. The van der Waals surface area contributed by atoms with Gasteiger partial charge in [-0.25, -0.2) is 0 Å². The molecule has 106 valence electrons. The van der Waals surface area contributed by atoms with Crippen molar-refractivity contribution in [3.05, 3.63) is 24.3 Å². The highest BCUT2D eigenvalue weighted by Gasteiger charge is 2.47. The number of benzene rings is 1. The summed E-state index contributed by atoms with van der Waals surface area (Å²) in [5.74, 6) is -0.272. The molecule has 0 aliphatic carbocycles. The maximum Gasteiger partial charge on any atom is 0.250 e. The third-order valence-corrected chi connectivity index (χ3v) is 5.28. The van der Waals surface area contributed by atoms with Gasteiger partial charge in [-0.3, -0.25) is 9.59 Å². The van der Waals surface area contributed by atoms with Crippen molar-refractivity contribution in [1.29, 1.82) is 0 Å². The van der Waals surface area contributed by atoms with Crippen LogP contribution in [0.25, 0.3) is 0 Å². The van der Waals surface area contributed by atoms with Gasteiger partial charge in [0.25, 0.3) is 0 Å². The number of likely N-dealkylation sites (tertiary alicyclic amines) is 1. The van der Waals surface area contributed by atoms with Gasteiger partial charge in [-0.2, -0.15) is 0 Å². The number of rotatable bonds is 1. The normalized spacial score (nSPS) is 25.9. The summed E-state index contributed by atoms with van der Waals surface area (Å²) in [5, 5.41) is 2.86. The zero-order chi connectivity index (χ0) is 14.2. The second-order valence-electron chi connectivity index (χ2n) is 5.44. The second-order valence-corrected chi connectivity index (χ2v) is 6.90. The number of carbonyl (C=O) groups is 2. The fourth-order valence-electron chi connectivity index (χ4n) is 2.71. The molecule has 1 fully saturated rings. The number of para-hydroxylation sites is 1. The van der Waals surface area contributed by atoms with Gasteiger partial charge in [0, 0.05) is 18.0 Å². The number of nitrogens with one attached hydrogen (secondary N) is 1. The van der Waals surface area contributed by atoms with Crippen LogP contribution in [0.15, 0.2) is 29.2 Å². The van der Waals surface area contributed by atoms with Gasteiger partial charge < -0.3 is 10.2 Å². The Morgan fingerprint density at radius 2 is 1.95 bits per heavy atom. The highest BCUT2D eigenvalue weighted by molar-refractivity contribution is 8.02. The van der Waals surface area contributed by atoms with E-state index in [-0.39, 0.29) is 11.8 Å². The van der Waals surface area contributed by atoms with Gasteiger partial charge in [0.15, 0.2) is 4.75 Å². The molecule has 1 aromatic rings. The molecule has 1 aromatic carbocycles. The molecule has 0 spiro atoms. The summed E-state index contributed by atoms with van der Waals surface area (Å²) in [5.41, 5.74) is 0.798. The highest BCUT2D eigenvalue weighted by atomic mass is 32.2. The van der Waals surface area contributed by atoms with Crippen LogP contribution in [-0.4, -0.2) is 34.6 Å². The fraction of sp³-hybridized carbons (Fsp3) is 0.467. The zero-order valence-electron chi connectivity index (χ0n) is 11.5. The fourth-order valence-corrected chi connectivity index (χ4v) is 3.88. The summed E-state index contributed by atoms with van der Waals surface area (Å²) in [4.78, 5) is 27.9. The van der Waals surface area contributed by atoms with Gasteiger partial charge in [-0.15, -0.1) is 0 Å². The molecule has 0 radical (unpaired) electrons.